The van der Waals surface area contributed by atoms with E-state index in [0.29, 0.717) is 22.3 Å². The zero-order chi connectivity index (χ0) is 25.9. The molecule has 13 heteroatoms. The lowest BCUT2D eigenvalue weighted by Crippen LogP contribution is -2.33. The van der Waals surface area contributed by atoms with Gasteiger partial charge in [0, 0.05) is 25.6 Å². The number of para-hydroxylation sites is 1. The van der Waals surface area contributed by atoms with E-state index in [1.165, 1.54) is 38.1 Å². The Kier molecular flexibility index (Phi) is 7.48. The average molecular weight is 530 g/mol. The Labute approximate surface area is 213 Å². The fourth-order valence-electron chi connectivity index (χ4n) is 3.63. The first-order valence-electron chi connectivity index (χ1n) is 10.8. The van der Waals surface area contributed by atoms with Gasteiger partial charge in [-0.3, -0.25) is 9.29 Å². The van der Waals surface area contributed by atoms with E-state index in [1.54, 1.807) is 36.4 Å². The van der Waals surface area contributed by atoms with Crippen molar-refractivity contribution >= 4 is 27.6 Å². The van der Waals surface area contributed by atoms with Crippen molar-refractivity contribution in [2.24, 2.45) is 0 Å². The Morgan fingerprint density at radius 1 is 1.03 bits per heavy atom. The molecule has 1 aromatic carbocycles. The highest BCUT2D eigenvalue weighted by Crippen LogP contribution is 2.33. The Morgan fingerprint density at radius 3 is 2.42 bits per heavy atom. The zero-order valence-corrected chi connectivity index (χ0v) is 21.5. The molecule has 0 aliphatic heterocycles. The molecule has 0 amide bonds. The summed E-state index contributed by atoms with van der Waals surface area (Å²) >= 11 is 6.56. The van der Waals surface area contributed by atoms with Crippen LogP contribution in [0.25, 0.3) is 17.2 Å². The van der Waals surface area contributed by atoms with Gasteiger partial charge in [-0.25, -0.2) is 23.4 Å². The fraction of sp³-hybridized carbons (Fsp3) is 0.261. The number of benzene rings is 1. The second-order valence-corrected chi connectivity index (χ2v) is 10.2. The Morgan fingerprint density at radius 2 is 1.75 bits per heavy atom. The van der Waals surface area contributed by atoms with Crippen LogP contribution < -0.4 is 9.46 Å². The number of sulfonamides is 1. The van der Waals surface area contributed by atoms with Gasteiger partial charge in [0.25, 0.3) is 0 Å². The molecule has 3 aromatic heterocycles. The summed E-state index contributed by atoms with van der Waals surface area (Å²) in [6, 6.07) is 12.1. The van der Waals surface area contributed by atoms with Crippen molar-refractivity contribution in [2.45, 2.75) is 25.2 Å². The fourth-order valence-corrected chi connectivity index (χ4v) is 5.07. The first-order valence-corrected chi connectivity index (χ1v) is 12.7. The number of pyridine rings is 1. The molecule has 1 N–H and O–H groups in total. The normalized spacial score (nSPS) is 13.2. The number of aryl methyl sites for hydroxylation is 1. The van der Waals surface area contributed by atoms with Crippen LogP contribution in [0.1, 0.15) is 24.4 Å². The van der Waals surface area contributed by atoms with Crippen molar-refractivity contribution in [3.8, 4) is 23.1 Å². The van der Waals surface area contributed by atoms with E-state index in [2.05, 4.69) is 29.9 Å². The van der Waals surface area contributed by atoms with Gasteiger partial charge in [0.15, 0.2) is 11.6 Å². The lowest BCUT2D eigenvalue weighted by Gasteiger charge is -2.22. The van der Waals surface area contributed by atoms with Crippen molar-refractivity contribution < 1.29 is 17.9 Å². The van der Waals surface area contributed by atoms with Gasteiger partial charge in [0.05, 0.1) is 17.8 Å². The van der Waals surface area contributed by atoms with Gasteiger partial charge >= 0.3 is 0 Å². The van der Waals surface area contributed by atoms with E-state index < -0.39 is 21.4 Å². The minimum absolute atomic E-state index is 0.0681. The highest BCUT2D eigenvalue weighted by Gasteiger charge is 2.34. The van der Waals surface area contributed by atoms with Gasteiger partial charge in [-0.15, -0.1) is 10.2 Å². The third kappa shape index (κ3) is 5.01. The largest absolute Gasteiger partial charge is 0.481 e. The average Bonchev–Trinajstić information content (AvgIpc) is 3.27. The molecule has 2 atom stereocenters. The molecule has 4 rings (SSSR count). The van der Waals surface area contributed by atoms with E-state index in [0.717, 1.165) is 5.56 Å². The number of rotatable bonds is 9. The van der Waals surface area contributed by atoms with Crippen LogP contribution >= 0.6 is 11.6 Å². The molecule has 4 aromatic rings. The summed E-state index contributed by atoms with van der Waals surface area (Å²) in [5, 5.41) is 7.68. The molecule has 3 heterocycles. The Hall–Kier alpha value is -3.61. The Bertz CT molecular complexity index is 1440. The number of nitrogens with one attached hydrogen (secondary N) is 1. The molecule has 0 fully saturated rings. The highest BCUT2D eigenvalue weighted by molar-refractivity contribution is 7.93. The van der Waals surface area contributed by atoms with Gasteiger partial charge in [-0.05, 0) is 37.6 Å². The number of aromatic nitrogens is 6. The third-order valence-electron chi connectivity index (χ3n) is 5.48. The maximum atomic E-state index is 13.5. The van der Waals surface area contributed by atoms with Gasteiger partial charge in [0.1, 0.15) is 17.0 Å². The maximum Gasteiger partial charge on any atom is 0.243 e. The second-order valence-electron chi connectivity index (χ2n) is 7.77. The molecule has 0 unspecified atom stereocenters. The summed E-state index contributed by atoms with van der Waals surface area (Å²) < 4.78 is 41.7. The van der Waals surface area contributed by atoms with Crippen molar-refractivity contribution in [2.75, 3.05) is 18.9 Å². The molecule has 0 spiro atoms. The predicted molar refractivity (Wildman–Crippen MR) is 135 cm³/mol. The minimum Gasteiger partial charge on any atom is -0.481 e. The zero-order valence-electron chi connectivity index (χ0n) is 20.0. The smallest absolute Gasteiger partial charge is 0.243 e. The van der Waals surface area contributed by atoms with Gasteiger partial charge in [-0.1, -0.05) is 29.8 Å². The van der Waals surface area contributed by atoms with Gasteiger partial charge < -0.3 is 9.47 Å². The molecule has 11 nitrogen and oxygen atoms in total. The van der Waals surface area contributed by atoms with Crippen molar-refractivity contribution in [3.63, 3.8) is 0 Å². The van der Waals surface area contributed by atoms with E-state index >= 15 is 0 Å². The van der Waals surface area contributed by atoms with Crippen LogP contribution in [0.3, 0.4) is 0 Å². The number of hydrogen-bond donors (Lipinski definition) is 1. The number of halogens is 1. The summed E-state index contributed by atoms with van der Waals surface area (Å²) in [5.74, 6) is 0.800. The molecule has 0 aliphatic carbocycles. The lowest BCUT2D eigenvalue weighted by atomic mass is 10.2. The molecule has 0 saturated carbocycles. The highest BCUT2D eigenvalue weighted by atomic mass is 35.5. The van der Waals surface area contributed by atoms with Crippen molar-refractivity contribution in [1.29, 1.82) is 0 Å². The number of anilines is 1. The van der Waals surface area contributed by atoms with Crippen LogP contribution in [0.4, 0.5) is 5.95 Å². The van der Waals surface area contributed by atoms with E-state index in [4.69, 9.17) is 21.1 Å². The van der Waals surface area contributed by atoms with E-state index in [9.17, 15) is 8.42 Å². The molecule has 0 radical (unpaired) electrons. The summed E-state index contributed by atoms with van der Waals surface area (Å²) in [6.07, 6.45) is 2.11. The van der Waals surface area contributed by atoms with Crippen LogP contribution in [-0.4, -0.2) is 57.6 Å². The molecule has 0 saturated heterocycles. The van der Waals surface area contributed by atoms with E-state index in [-0.39, 0.29) is 17.6 Å². The molecule has 0 bridgehead atoms. The minimum atomic E-state index is -4.08. The quantitative estimate of drug-likeness (QED) is 0.345. The molecule has 188 valence electrons. The molecular weight excluding hydrogens is 506 g/mol. The van der Waals surface area contributed by atoms with Crippen LogP contribution in [0.5, 0.6) is 5.88 Å². The monoisotopic (exact) mass is 529 g/mol. The van der Waals surface area contributed by atoms with Crippen LogP contribution in [0, 0.1) is 6.92 Å². The summed E-state index contributed by atoms with van der Waals surface area (Å²) in [5.41, 5.74) is 1.68. The topological polar surface area (TPSA) is 134 Å². The predicted octanol–water partition coefficient (Wildman–Crippen LogP) is 3.61. The number of hydrogen-bond acceptors (Lipinski definition) is 9. The molecule has 36 heavy (non-hydrogen) atoms. The van der Waals surface area contributed by atoms with Crippen molar-refractivity contribution in [1.82, 2.24) is 29.7 Å². The van der Waals surface area contributed by atoms with Crippen LogP contribution in [0.15, 0.2) is 54.9 Å². The summed E-state index contributed by atoms with van der Waals surface area (Å²) in [7, 11) is -1.18. The molecule has 0 aliphatic rings. The van der Waals surface area contributed by atoms with Gasteiger partial charge in [0.2, 0.25) is 21.9 Å². The van der Waals surface area contributed by atoms with Crippen LogP contribution in [-0.2, 0) is 14.8 Å². The molecular formula is C23H24ClN7O4S. The second kappa shape index (κ2) is 10.6. The third-order valence-corrected chi connectivity index (χ3v) is 7.48. The number of methoxy groups -OCH3 is 2. The number of nitrogens with zero attached hydrogens (tertiary/aromatic N) is 6. The first-order chi connectivity index (χ1) is 17.3. The van der Waals surface area contributed by atoms with Gasteiger partial charge in [-0.2, -0.15) is 0 Å². The standard InChI is InChI=1S/C23H24ClN7O4S/c1-14-8-5-9-16(24)19(14)31-22(17-10-6-11-18(27-17)34-3)28-29-23(31)30-36(32,33)15(2)20(35-4)21-25-12-7-13-26-21/h5-13,15,20H,1-4H3,(H,29,30)/t15-,20-/m0/s1. The van der Waals surface area contributed by atoms with E-state index in [1.807, 2.05) is 13.0 Å². The van der Waals surface area contributed by atoms with Crippen LogP contribution in [0.2, 0.25) is 5.02 Å². The summed E-state index contributed by atoms with van der Waals surface area (Å²) in [6.45, 7) is 3.34. The first kappa shape index (κ1) is 25.5. The number of ether oxygens (including phenoxy) is 2. The SMILES string of the molecule is COc1cccc(-c2nnc(NS(=O)(=O)[C@@H](C)[C@H](OC)c3ncccn3)n2-c2c(C)cccc2Cl)n1. The van der Waals surface area contributed by atoms with Crippen molar-refractivity contribution in [3.05, 3.63) is 71.3 Å². The maximum absolute atomic E-state index is 13.5. The summed E-state index contributed by atoms with van der Waals surface area (Å²) in [4.78, 5) is 12.7. The Balaban J connectivity index is 1.82. The lowest BCUT2D eigenvalue weighted by molar-refractivity contribution is 0.0950.